The van der Waals surface area contributed by atoms with E-state index in [9.17, 15) is 57.5 Å². The Bertz CT molecular complexity index is 2840. The number of benzene rings is 6. The highest BCUT2D eigenvalue weighted by molar-refractivity contribution is 7.20. The van der Waals surface area contributed by atoms with E-state index >= 15 is 35.1 Å². The quantitative estimate of drug-likeness (QED) is 0.0381. The molecule has 3 nitrogen and oxygen atoms in total. The Hall–Kier alpha value is -7.71. The maximum atomic E-state index is 15.4. The molecule has 0 atom stereocenters. The minimum atomic E-state index is -7.22. The number of nitriles is 1. The first-order valence-corrected chi connectivity index (χ1v) is 18.3. The van der Waals surface area contributed by atoms with Gasteiger partial charge in [-0.05, 0) is 23.3 Å². The predicted octanol–water partition coefficient (Wildman–Crippen LogP) is 9.24. The summed E-state index contributed by atoms with van der Waals surface area (Å²) in [5.41, 5.74) is -10.9. The van der Waals surface area contributed by atoms with Crippen molar-refractivity contribution >= 4 is 33.8 Å². The second-order valence-electron chi connectivity index (χ2n) is 14.0. The van der Waals surface area contributed by atoms with Crippen LogP contribution in [0.2, 0.25) is 0 Å². The van der Waals surface area contributed by atoms with E-state index in [-0.39, 0.29) is 5.78 Å². The van der Waals surface area contributed by atoms with Crippen molar-refractivity contribution in [3.8, 4) is 17.2 Å². The van der Waals surface area contributed by atoms with Crippen LogP contribution in [0.1, 0.15) is 15.9 Å². The molecule has 0 unspecified atom stereocenters. The molecule has 0 saturated heterocycles. The first kappa shape index (κ1) is 49.7. The number of hydrogen-bond donors (Lipinski definition) is 0. The van der Waals surface area contributed by atoms with Crippen LogP contribution in [-0.4, -0.2) is 11.9 Å². The average molecular weight is 978 g/mol. The van der Waals surface area contributed by atoms with Gasteiger partial charge in [-0.1, -0.05) is 42.5 Å². The SMILES string of the molecule is Fc1c(F)c(F)c([B-](c2c(F)c(F)c(F)c(F)c2F)(c2c(F)c(F)c(F)c(F)c2F)c2c(F)c(F)c(F)c(F)c2F)c(F)c1F.N#Cc1ccc(-c2cc[n+](CC(=O)c3ccccc3)cc2)cc1. The molecule has 0 aliphatic heterocycles. The lowest BCUT2D eigenvalue weighted by molar-refractivity contribution is -0.683. The monoisotopic (exact) mass is 978 g/mol. The Labute approximate surface area is 366 Å². The van der Waals surface area contributed by atoms with E-state index in [1.165, 1.54) is 0 Å². The molecule has 7 rings (SSSR count). The van der Waals surface area contributed by atoms with Gasteiger partial charge in [-0.3, -0.25) is 4.79 Å². The summed E-state index contributed by atoms with van der Waals surface area (Å²) in [6.07, 6.45) is -3.42. The number of nitrogens with zero attached hydrogens (tertiary/aromatic N) is 2. The highest BCUT2D eigenvalue weighted by Gasteiger charge is 2.52. The fourth-order valence-electron chi connectivity index (χ4n) is 7.25. The van der Waals surface area contributed by atoms with E-state index in [1.807, 2.05) is 71.6 Å². The topological polar surface area (TPSA) is 44.7 Å². The molecule has 0 saturated carbocycles. The number of halogens is 20. The van der Waals surface area contributed by atoms with Crippen molar-refractivity contribution in [2.45, 2.75) is 6.54 Å². The molecule has 0 amide bonds. The summed E-state index contributed by atoms with van der Waals surface area (Å²) in [6.45, 7) is 0.317. The molecule has 0 fully saturated rings. The van der Waals surface area contributed by atoms with Gasteiger partial charge >= 0.3 is 0 Å². The van der Waals surface area contributed by atoms with Gasteiger partial charge in [-0.25, -0.2) is 87.8 Å². The molecule has 0 radical (unpaired) electrons. The van der Waals surface area contributed by atoms with Gasteiger partial charge in [0, 0.05) is 17.7 Å². The summed E-state index contributed by atoms with van der Waals surface area (Å²) in [4.78, 5) is 12.2. The molecular weight excluding hydrogens is 963 g/mol. The predicted molar refractivity (Wildman–Crippen MR) is 197 cm³/mol. The third-order valence-corrected chi connectivity index (χ3v) is 10.4. The number of carbonyl (C=O) groups is 1. The maximum absolute atomic E-state index is 15.4. The molecule has 0 aliphatic carbocycles. The van der Waals surface area contributed by atoms with E-state index < -0.39 is 144 Å². The van der Waals surface area contributed by atoms with Gasteiger partial charge in [0.25, 0.3) is 0 Å². The molecule has 1 aromatic heterocycles. The van der Waals surface area contributed by atoms with Gasteiger partial charge in [-0.15, -0.1) is 21.9 Å². The zero-order valence-corrected chi connectivity index (χ0v) is 32.7. The van der Waals surface area contributed by atoms with E-state index in [2.05, 4.69) is 6.07 Å². The van der Waals surface area contributed by atoms with Gasteiger partial charge in [-0.2, -0.15) is 9.83 Å². The average Bonchev–Trinajstić information content (AvgIpc) is 3.34. The van der Waals surface area contributed by atoms with Gasteiger partial charge in [0.2, 0.25) is 12.3 Å². The van der Waals surface area contributed by atoms with Crippen LogP contribution in [0, 0.1) is 128 Å². The molecule has 1 heterocycles. The van der Waals surface area contributed by atoms with Crippen molar-refractivity contribution in [3.63, 3.8) is 0 Å². The van der Waals surface area contributed by atoms with Crippen LogP contribution < -0.4 is 26.4 Å². The van der Waals surface area contributed by atoms with Gasteiger partial charge in [0.15, 0.2) is 82.2 Å². The standard InChI is InChI=1S/C24BF20.C20H15N2O/c26-5-1(6(27)14(35)21(42)13(5)34)25(2-7(28)15(36)22(43)16(37)8(2)29,3-9(30)17(38)23(44)18(39)10(3)31)4-11(32)19(40)24(45)20(41)12(4)33;21-14-16-6-8-17(9-7-16)18-10-12-22(13-11-18)15-20(23)19-4-2-1-3-5-19/h;1-13H,15H2/q-1;+1. The van der Waals surface area contributed by atoms with Gasteiger partial charge in [0.05, 0.1) is 11.6 Å². The van der Waals surface area contributed by atoms with Crippen LogP contribution in [0.15, 0.2) is 79.1 Å². The lowest BCUT2D eigenvalue weighted by atomic mass is 9.12. The zero-order chi connectivity index (χ0) is 50.4. The van der Waals surface area contributed by atoms with E-state index in [0.29, 0.717) is 12.1 Å². The highest BCUT2D eigenvalue weighted by atomic mass is 19.2. The zero-order valence-electron chi connectivity index (χ0n) is 32.7. The molecule has 7 aromatic rings. The van der Waals surface area contributed by atoms with Gasteiger partial charge in [0.1, 0.15) is 52.7 Å². The Morgan fingerprint density at radius 1 is 0.382 bits per heavy atom. The molecule has 0 spiro atoms. The molecule has 350 valence electrons. The van der Waals surface area contributed by atoms with Crippen molar-refractivity contribution in [1.29, 1.82) is 5.26 Å². The second-order valence-corrected chi connectivity index (χ2v) is 14.0. The van der Waals surface area contributed by atoms with E-state index in [4.69, 9.17) is 5.26 Å². The molecule has 68 heavy (non-hydrogen) atoms. The molecule has 0 aliphatic rings. The minimum Gasteiger partial charge on any atom is -0.287 e. The molecule has 0 N–H and O–H groups in total. The number of ketones is 1. The van der Waals surface area contributed by atoms with Crippen molar-refractivity contribution in [1.82, 2.24) is 0 Å². The molecule has 24 heteroatoms. The number of aromatic nitrogens is 1. The van der Waals surface area contributed by atoms with Crippen LogP contribution in [0.4, 0.5) is 87.8 Å². The van der Waals surface area contributed by atoms with Crippen LogP contribution >= 0.6 is 0 Å². The van der Waals surface area contributed by atoms with Crippen molar-refractivity contribution in [2.24, 2.45) is 0 Å². The summed E-state index contributed by atoms with van der Waals surface area (Å²) in [5.74, 6) is -71.3. The first-order chi connectivity index (χ1) is 32.0. The third-order valence-electron chi connectivity index (χ3n) is 10.4. The summed E-state index contributed by atoms with van der Waals surface area (Å²) in [5, 5.41) is 8.83. The smallest absolute Gasteiger partial charge is 0.227 e. The van der Waals surface area contributed by atoms with Crippen LogP contribution in [0.3, 0.4) is 0 Å². The largest absolute Gasteiger partial charge is 0.287 e. The Morgan fingerprint density at radius 2 is 0.647 bits per heavy atom. The third kappa shape index (κ3) is 8.04. The van der Waals surface area contributed by atoms with Crippen molar-refractivity contribution in [3.05, 3.63) is 207 Å². The molecule has 6 aromatic carbocycles. The number of pyridine rings is 1. The second kappa shape index (κ2) is 18.9. The van der Waals surface area contributed by atoms with Crippen LogP contribution in [0.25, 0.3) is 11.1 Å². The summed E-state index contributed by atoms with van der Waals surface area (Å²) in [7, 11) is 0. The Balaban J connectivity index is 0.000000276. The summed E-state index contributed by atoms with van der Waals surface area (Å²) >= 11 is 0. The van der Waals surface area contributed by atoms with Crippen LogP contribution in [-0.2, 0) is 6.54 Å². The lowest BCUT2D eigenvalue weighted by Crippen LogP contribution is -2.81. The number of hydrogen-bond acceptors (Lipinski definition) is 2. The number of carbonyl (C=O) groups excluding carboxylic acids is 1. The maximum Gasteiger partial charge on any atom is 0.227 e. The molecular formula is C44H15BF20N2O. The number of Topliss-reactive ketones (excluding diaryl/α,β-unsaturated/α-hetero) is 1. The Morgan fingerprint density at radius 3 is 0.926 bits per heavy atom. The fourth-order valence-corrected chi connectivity index (χ4v) is 7.25. The van der Waals surface area contributed by atoms with Gasteiger partial charge < -0.3 is 0 Å². The van der Waals surface area contributed by atoms with Crippen molar-refractivity contribution < 1.29 is 97.2 Å². The number of rotatable bonds is 8. The van der Waals surface area contributed by atoms with Crippen molar-refractivity contribution in [2.75, 3.05) is 0 Å². The Kier molecular flexibility index (Phi) is 13.8. The minimum absolute atomic E-state index is 0.0849. The van der Waals surface area contributed by atoms with Crippen LogP contribution in [0.5, 0.6) is 0 Å². The summed E-state index contributed by atoms with van der Waals surface area (Å²) < 4.78 is 296. The summed E-state index contributed by atoms with van der Waals surface area (Å²) in [6, 6.07) is 22.8. The van der Waals surface area contributed by atoms with E-state index in [1.54, 1.807) is 12.1 Å². The first-order valence-electron chi connectivity index (χ1n) is 18.3. The van der Waals surface area contributed by atoms with E-state index in [0.717, 1.165) is 16.7 Å². The normalized spacial score (nSPS) is 11.3. The highest BCUT2D eigenvalue weighted by Crippen LogP contribution is 2.31. The molecule has 0 bridgehead atoms. The fraction of sp³-hybridized carbons (Fsp3) is 0.0227. The lowest BCUT2D eigenvalue weighted by Gasteiger charge is -2.44.